The molecule has 1 aliphatic rings. The zero-order valence-corrected chi connectivity index (χ0v) is 16.1. The van der Waals surface area contributed by atoms with E-state index in [-0.39, 0.29) is 5.78 Å². The second-order valence-electron chi connectivity index (χ2n) is 5.81. The van der Waals surface area contributed by atoms with Crippen molar-refractivity contribution in [2.24, 2.45) is 5.92 Å². The Morgan fingerprint density at radius 3 is 2.12 bits per heavy atom. The van der Waals surface area contributed by atoms with Crippen LogP contribution in [0.2, 0.25) is 0 Å². The predicted molar refractivity (Wildman–Crippen MR) is 96.5 cm³/mol. The van der Waals surface area contributed by atoms with E-state index in [2.05, 4.69) is 0 Å². The molecule has 1 aromatic carbocycles. The van der Waals surface area contributed by atoms with Gasteiger partial charge in [0.2, 0.25) is 5.79 Å². The fraction of sp³-hybridized carbons (Fsp3) is 0.421. The zero-order chi connectivity index (χ0) is 18.8. The summed E-state index contributed by atoms with van der Waals surface area (Å²) < 4.78 is 21.8. The van der Waals surface area contributed by atoms with Gasteiger partial charge in [-0.1, -0.05) is 11.6 Å². The van der Waals surface area contributed by atoms with Gasteiger partial charge in [-0.3, -0.25) is 4.79 Å². The van der Waals surface area contributed by atoms with E-state index in [1.54, 1.807) is 38.3 Å². The summed E-state index contributed by atoms with van der Waals surface area (Å²) in [5, 5.41) is 0.501. The molecule has 0 aliphatic heterocycles. The molecular formula is C19H23ClO5. The van der Waals surface area contributed by atoms with E-state index in [1.165, 1.54) is 21.3 Å². The van der Waals surface area contributed by atoms with Crippen LogP contribution >= 0.6 is 11.6 Å². The molecule has 6 heteroatoms. The number of aryl methyl sites for hydroxylation is 1. The van der Waals surface area contributed by atoms with Gasteiger partial charge in [-0.05, 0) is 49.3 Å². The maximum Gasteiger partial charge on any atom is 0.201 e. The smallest absolute Gasteiger partial charge is 0.201 e. The molecule has 0 fully saturated rings. The van der Waals surface area contributed by atoms with Crippen LogP contribution in [0.15, 0.2) is 34.9 Å². The number of hydrogen-bond acceptors (Lipinski definition) is 5. The van der Waals surface area contributed by atoms with Crippen LogP contribution in [0, 0.1) is 12.8 Å². The first-order chi connectivity index (χ1) is 11.8. The van der Waals surface area contributed by atoms with Gasteiger partial charge < -0.3 is 18.9 Å². The van der Waals surface area contributed by atoms with Crippen LogP contribution in [0.1, 0.15) is 22.8 Å². The van der Waals surface area contributed by atoms with Crippen LogP contribution in [0.4, 0.5) is 0 Å². The van der Waals surface area contributed by atoms with Crippen LogP contribution in [0.25, 0.3) is 0 Å². The highest BCUT2D eigenvalue weighted by Crippen LogP contribution is 2.41. The Balaban J connectivity index is 2.60. The average molecular weight is 367 g/mol. The lowest BCUT2D eigenvalue weighted by Crippen LogP contribution is -2.46. The lowest BCUT2D eigenvalue weighted by Gasteiger charge is -2.38. The van der Waals surface area contributed by atoms with E-state index in [0.29, 0.717) is 27.7 Å². The van der Waals surface area contributed by atoms with E-state index in [4.69, 9.17) is 30.5 Å². The highest BCUT2D eigenvalue weighted by molar-refractivity contribution is 6.32. The fourth-order valence-electron chi connectivity index (χ4n) is 3.09. The zero-order valence-electron chi connectivity index (χ0n) is 15.3. The van der Waals surface area contributed by atoms with Crippen molar-refractivity contribution in [3.05, 3.63) is 46.0 Å². The number of carbonyl (C=O) groups excluding carboxylic acids is 1. The van der Waals surface area contributed by atoms with E-state index in [0.717, 1.165) is 5.56 Å². The molecule has 0 amide bonds. The Bertz CT molecular complexity index is 732. The monoisotopic (exact) mass is 366 g/mol. The van der Waals surface area contributed by atoms with Gasteiger partial charge in [0.15, 0.2) is 17.3 Å². The SMILES string of the molecule is COc1cc(C)c(C(=O)C2C(C)=C(Cl)C=CC2(OC)OC)cc1OC. The average Bonchev–Trinajstić information content (AvgIpc) is 2.63. The van der Waals surface area contributed by atoms with Crippen molar-refractivity contribution >= 4 is 17.4 Å². The number of ketones is 1. The van der Waals surface area contributed by atoms with Gasteiger partial charge in [-0.2, -0.15) is 0 Å². The van der Waals surface area contributed by atoms with Crippen molar-refractivity contribution in [3.8, 4) is 11.5 Å². The highest BCUT2D eigenvalue weighted by Gasteiger charge is 2.46. The quantitative estimate of drug-likeness (QED) is 0.565. The fourth-order valence-corrected chi connectivity index (χ4v) is 3.26. The van der Waals surface area contributed by atoms with Crippen LogP contribution in [0.5, 0.6) is 11.5 Å². The van der Waals surface area contributed by atoms with E-state index >= 15 is 0 Å². The minimum atomic E-state index is -1.21. The third-order valence-electron chi connectivity index (χ3n) is 4.57. The van der Waals surface area contributed by atoms with E-state index in [9.17, 15) is 4.79 Å². The number of carbonyl (C=O) groups is 1. The Morgan fingerprint density at radius 1 is 1.04 bits per heavy atom. The molecule has 0 aromatic heterocycles. The normalized spacial score (nSPS) is 19.1. The summed E-state index contributed by atoms with van der Waals surface area (Å²) in [7, 11) is 6.09. The van der Waals surface area contributed by atoms with Crippen LogP contribution in [0.3, 0.4) is 0 Å². The van der Waals surface area contributed by atoms with Gasteiger partial charge in [0.05, 0.1) is 14.2 Å². The van der Waals surface area contributed by atoms with Crippen molar-refractivity contribution in [3.63, 3.8) is 0 Å². The van der Waals surface area contributed by atoms with Gasteiger partial charge in [-0.15, -0.1) is 0 Å². The van der Waals surface area contributed by atoms with Gasteiger partial charge in [0.25, 0.3) is 0 Å². The number of ether oxygens (including phenoxy) is 4. The second kappa shape index (κ2) is 7.60. The molecule has 136 valence electrons. The first-order valence-corrected chi connectivity index (χ1v) is 8.15. The number of methoxy groups -OCH3 is 4. The van der Waals surface area contributed by atoms with E-state index < -0.39 is 11.7 Å². The number of Topliss-reactive ketones (excluding diaryl/α,β-unsaturated/α-hetero) is 1. The first kappa shape index (κ1) is 19.5. The summed E-state index contributed by atoms with van der Waals surface area (Å²) in [6.45, 7) is 3.65. The number of allylic oxidation sites excluding steroid dienone is 2. The number of benzene rings is 1. The third kappa shape index (κ3) is 3.32. The molecule has 0 bridgehead atoms. The van der Waals surface area contributed by atoms with Crippen LogP contribution < -0.4 is 9.47 Å². The van der Waals surface area contributed by atoms with Gasteiger partial charge >= 0.3 is 0 Å². The summed E-state index contributed by atoms with van der Waals surface area (Å²) in [5.41, 5.74) is 1.95. The number of halogens is 1. The third-order valence-corrected chi connectivity index (χ3v) is 4.99. The van der Waals surface area contributed by atoms with Crippen molar-refractivity contribution in [2.75, 3.05) is 28.4 Å². The highest BCUT2D eigenvalue weighted by atomic mass is 35.5. The molecule has 2 rings (SSSR count). The molecule has 0 heterocycles. The maximum atomic E-state index is 13.4. The molecule has 0 saturated carbocycles. The Hall–Kier alpha value is -1.82. The Labute approximate surface area is 153 Å². The van der Waals surface area contributed by atoms with Gasteiger partial charge in [-0.25, -0.2) is 0 Å². The number of rotatable bonds is 6. The van der Waals surface area contributed by atoms with Gasteiger partial charge in [0, 0.05) is 24.8 Å². The summed E-state index contributed by atoms with van der Waals surface area (Å²) in [6.07, 6.45) is 3.36. The molecule has 0 saturated heterocycles. The lowest BCUT2D eigenvalue weighted by molar-refractivity contribution is -0.187. The van der Waals surface area contributed by atoms with Crippen LogP contribution in [-0.4, -0.2) is 40.0 Å². The largest absolute Gasteiger partial charge is 0.493 e. The predicted octanol–water partition coefficient (Wildman–Crippen LogP) is 3.88. The molecule has 0 N–H and O–H groups in total. The Kier molecular flexibility index (Phi) is 5.93. The standard InChI is InChI=1S/C19H23ClO5/c1-11-9-15(22-3)16(23-4)10-13(11)18(21)17-12(2)14(20)7-8-19(17,24-5)25-6/h7-10,17H,1-6H3. The molecular weight excluding hydrogens is 344 g/mol. The molecule has 1 aliphatic carbocycles. The van der Waals surface area contributed by atoms with Crippen LogP contribution in [-0.2, 0) is 9.47 Å². The maximum absolute atomic E-state index is 13.4. The van der Waals surface area contributed by atoms with Crippen molar-refractivity contribution in [1.82, 2.24) is 0 Å². The lowest BCUT2D eigenvalue weighted by atomic mass is 9.80. The van der Waals surface area contributed by atoms with Crippen molar-refractivity contribution in [2.45, 2.75) is 19.6 Å². The van der Waals surface area contributed by atoms with Gasteiger partial charge in [0.1, 0.15) is 5.92 Å². The first-order valence-electron chi connectivity index (χ1n) is 7.77. The minimum absolute atomic E-state index is 0.165. The van der Waals surface area contributed by atoms with E-state index in [1.807, 2.05) is 6.92 Å². The minimum Gasteiger partial charge on any atom is -0.493 e. The molecule has 1 aromatic rings. The molecule has 1 unspecified atom stereocenters. The van der Waals surface area contributed by atoms with Crippen molar-refractivity contribution in [1.29, 1.82) is 0 Å². The molecule has 0 radical (unpaired) electrons. The summed E-state index contributed by atoms with van der Waals surface area (Å²) in [5.74, 6) is -1.04. The second-order valence-corrected chi connectivity index (χ2v) is 6.22. The topological polar surface area (TPSA) is 54.0 Å². The molecule has 1 atom stereocenters. The molecule has 5 nitrogen and oxygen atoms in total. The summed E-state index contributed by atoms with van der Waals surface area (Å²) >= 11 is 6.27. The molecule has 0 spiro atoms. The number of hydrogen-bond donors (Lipinski definition) is 0. The summed E-state index contributed by atoms with van der Waals surface area (Å²) in [4.78, 5) is 13.4. The molecule has 25 heavy (non-hydrogen) atoms. The van der Waals surface area contributed by atoms with Crippen molar-refractivity contribution < 1.29 is 23.7 Å². The summed E-state index contributed by atoms with van der Waals surface area (Å²) in [6, 6.07) is 3.44. The Morgan fingerprint density at radius 2 is 1.60 bits per heavy atom.